The van der Waals surface area contributed by atoms with Crippen molar-refractivity contribution in [3.05, 3.63) is 29.8 Å². The maximum absolute atomic E-state index is 12.2. The number of nitrogens with zero attached hydrogens (tertiary/aromatic N) is 1. The number of carbonyl (C=O) groups excluding carboxylic acids is 2. The second kappa shape index (κ2) is 7.29. The number of aryl methyl sites for hydroxylation is 1. The predicted octanol–water partition coefficient (Wildman–Crippen LogP) is 2.14. The van der Waals surface area contributed by atoms with Crippen LogP contribution in [0.15, 0.2) is 24.3 Å². The van der Waals surface area contributed by atoms with Gasteiger partial charge in [-0.15, -0.1) is 0 Å². The Hall–Kier alpha value is -2.04. The minimum Gasteiger partial charge on any atom is -0.481 e. The molecule has 1 aromatic carbocycles. The smallest absolute Gasteiger partial charge is 0.263 e. The summed E-state index contributed by atoms with van der Waals surface area (Å²) in [6, 6.07) is 7.50. The van der Waals surface area contributed by atoms with E-state index in [-0.39, 0.29) is 23.9 Å². The minimum atomic E-state index is -0.643. The van der Waals surface area contributed by atoms with Crippen molar-refractivity contribution in [1.82, 2.24) is 10.2 Å². The first-order valence-electron chi connectivity index (χ1n) is 7.38. The van der Waals surface area contributed by atoms with E-state index in [9.17, 15) is 9.59 Å². The number of benzene rings is 1. The van der Waals surface area contributed by atoms with Gasteiger partial charge in [0.25, 0.3) is 5.91 Å². The zero-order valence-corrected chi connectivity index (χ0v) is 14.3. The molecule has 0 unspecified atom stereocenters. The summed E-state index contributed by atoms with van der Waals surface area (Å²) in [5.74, 6) is 0.217. The Morgan fingerprint density at radius 3 is 2.27 bits per heavy atom. The molecular formula is C17H26N2O3. The Bertz CT molecular complexity index is 518. The van der Waals surface area contributed by atoms with Crippen LogP contribution < -0.4 is 10.1 Å². The quantitative estimate of drug-likeness (QED) is 0.906. The first-order valence-corrected chi connectivity index (χ1v) is 7.38. The van der Waals surface area contributed by atoms with E-state index in [4.69, 9.17) is 4.74 Å². The van der Waals surface area contributed by atoms with E-state index in [0.717, 1.165) is 5.56 Å². The molecule has 0 bridgehead atoms. The van der Waals surface area contributed by atoms with Crippen molar-refractivity contribution in [3.8, 4) is 5.75 Å². The Morgan fingerprint density at radius 1 is 1.23 bits per heavy atom. The monoisotopic (exact) mass is 306 g/mol. The third-order valence-electron chi connectivity index (χ3n) is 2.95. The SMILES string of the molecule is Cc1ccc(O[C@H](C)C(=O)N(C)CC(=O)NC(C)(C)C)cc1. The molecule has 0 fully saturated rings. The summed E-state index contributed by atoms with van der Waals surface area (Å²) in [6.45, 7) is 9.37. The number of rotatable bonds is 5. The van der Waals surface area contributed by atoms with Crippen LogP contribution in [0, 0.1) is 6.92 Å². The van der Waals surface area contributed by atoms with Crippen LogP contribution in [0.3, 0.4) is 0 Å². The Balaban J connectivity index is 2.54. The number of likely N-dealkylation sites (N-methyl/N-ethyl adjacent to an activating group) is 1. The summed E-state index contributed by atoms with van der Waals surface area (Å²) in [4.78, 5) is 25.5. The van der Waals surface area contributed by atoms with Crippen LogP contribution in [0.1, 0.15) is 33.3 Å². The molecular weight excluding hydrogens is 280 g/mol. The van der Waals surface area contributed by atoms with Crippen molar-refractivity contribution in [1.29, 1.82) is 0 Å². The van der Waals surface area contributed by atoms with Crippen LogP contribution in [0.4, 0.5) is 0 Å². The molecule has 0 aliphatic rings. The minimum absolute atomic E-state index is 0.0116. The molecule has 0 saturated carbocycles. The zero-order valence-electron chi connectivity index (χ0n) is 14.3. The normalized spacial score (nSPS) is 12.5. The predicted molar refractivity (Wildman–Crippen MR) is 86.8 cm³/mol. The molecule has 0 radical (unpaired) electrons. The number of carbonyl (C=O) groups is 2. The van der Waals surface area contributed by atoms with Gasteiger partial charge in [-0.25, -0.2) is 0 Å². The molecule has 0 heterocycles. The van der Waals surface area contributed by atoms with Gasteiger partial charge < -0.3 is 15.0 Å². The van der Waals surface area contributed by atoms with Crippen molar-refractivity contribution < 1.29 is 14.3 Å². The van der Waals surface area contributed by atoms with Gasteiger partial charge in [-0.3, -0.25) is 9.59 Å². The van der Waals surface area contributed by atoms with Gasteiger partial charge >= 0.3 is 0 Å². The van der Waals surface area contributed by atoms with Gasteiger partial charge in [-0.1, -0.05) is 17.7 Å². The first-order chi connectivity index (χ1) is 10.1. The Labute approximate surface area is 132 Å². The molecule has 1 aromatic rings. The third-order valence-corrected chi connectivity index (χ3v) is 2.95. The highest BCUT2D eigenvalue weighted by Gasteiger charge is 2.22. The van der Waals surface area contributed by atoms with Crippen molar-refractivity contribution in [2.45, 2.75) is 46.3 Å². The standard InChI is InChI=1S/C17H26N2O3/c1-12-7-9-14(10-8-12)22-13(2)16(21)19(6)11-15(20)18-17(3,4)5/h7-10,13H,11H2,1-6H3,(H,18,20)/t13-/m1/s1. The fourth-order valence-electron chi connectivity index (χ4n) is 1.93. The first kappa shape index (κ1) is 18.0. The Morgan fingerprint density at radius 2 is 1.77 bits per heavy atom. The molecule has 122 valence electrons. The average Bonchev–Trinajstić information content (AvgIpc) is 2.38. The fourth-order valence-corrected chi connectivity index (χ4v) is 1.93. The van der Waals surface area contributed by atoms with E-state index in [0.29, 0.717) is 5.75 Å². The highest BCUT2D eigenvalue weighted by atomic mass is 16.5. The lowest BCUT2D eigenvalue weighted by molar-refractivity contribution is -0.140. The largest absolute Gasteiger partial charge is 0.481 e. The molecule has 1 N–H and O–H groups in total. The molecule has 5 heteroatoms. The van der Waals surface area contributed by atoms with Crippen LogP contribution in [0.25, 0.3) is 0 Å². The molecule has 1 atom stereocenters. The highest BCUT2D eigenvalue weighted by Crippen LogP contribution is 2.14. The van der Waals surface area contributed by atoms with E-state index < -0.39 is 6.10 Å². The third kappa shape index (κ3) is 6.16. The Kier molecular flexibility index (Phi) is 5.97. The lowest BCUT2D eigenvalue weighted by Crippen LogP contribution is -2.48. The summed E-state index contributed by atoms with van der Waals surface area (Å²) < 4.78 is 5.61. The van der Waals surface area contributed by atoms with E-state index >= 15 is 0 Å². The topological polar surface area (TPSA) is 58.6 Å². The van der Waals surface area contributed by atoms with Gasteiger partial charge in [0.15, 0.2) is 6.10 Å². The second-order valence-corrected chi connectivity index (χ2v) is 6.57. The van der Waals surface area contributed by atoms with Crippen molar-refractivity contribution in [2.75, 3.05) is 13.6 Å². The highest BCUT2D eigenvalue weighted by molar-refractivity contribution is 5.87. The van der Waals surface area contributed by atoms with Crippen LogP contribution in [0.5, 0.6) is 5.75 Å². The lowest BCUT2D eigenvalue weighted by atomic mass is 10.1. The fraction of sp³-hybridized carbons (Fsp3) is 0.529. The summed E-state index contributed by atoms with van der Waals surface area (Å²) in [5.41, 5.74) is 0.813. The second-order valence-electron chi connectivity index (χ2n) is 6.57. The van der Waals surface area contributed by atoms with Crippen molar-refractivity contribution in [3.63, 3.8) is 0 Å². The van der Waals surface area contributed by atoms with Crippen LogP contribution in [-0.4, -0.2) is 41.9 Å². The van der Waals surface area contributed by atoms with Gasteiger partial charge in [-0.2, -0.15) is 0 Å². The molecule has 0 aromatic heterocycles. The summed E-state index contributed by atoms with van der Waals surface area (Å²) >= 11 is 0. The molecule has 0 saturated heterocycles. The average molecular weight is 306 g/mol. The van der Waals surface area contributed by atoms with Gasteiger partial charge in [0, 0.05) is 12.6 Å². The molecule has 1 rings (SSSR count). The molecule has 5 nitrogen and oxygen atoms in total. The number of nitrogens with one attached hydrogen (secondary N) is 1. The van der Waals surface area contributed by atoms with E-state index in [1.807, 2.05) is 52.0 Å². The molecule has 0 spiro atoms. The molecule has 0 aliphatic heterocycles. The number of amides is 2. The van der Waals surface area contributed by atoms with Gasteiger partial charge in [-0.05, 0) is 46.8 Å². The molecule has 2 amide bonds. The van der Waals surface area contributed by atoms with Gasteiger partial charge in [0.2, 0.25) is 5.91 Å². The van der Waals surface area contributed by atoms with Gasteiger partial charge in [0.1, 0.15) is 5.75 Å². The van der Waals surface area contributed by atoms with Crippen LogP contribution >= 0.6 is 0 Å². The zero-order chi connectivity index (χ0) is 16.9. The number of ether oxygens (including phenoxy) is 1. The number of hydrogen-bond acceptors (Lipinski definition) is 3. The maximum Gasteiger partial charge on any atom is 0.263 e. The van der Waals surface area contributed by atoms with Crippen molar-refractivity contribution >= 4 is 11.8 Å². The number of hydrogen-bond donors (Lipinski definition) is 1. The molecule has 0 aliphatic carbocycles. The van der Waals surface area contributed by atoms with E-state index in [2.05, 4.69) is 5.32 Å². The summed E-state index contributed by atoms with van der Waals surface area (Å²) in [7, 11) is 1.60. The van der Waals surface area contributed by atoms with Crippen molar-refractivity contribution in [2.24, 2.45) is 0 Å². The maximum atomic E-state index is 12.2. The van der Waals surface area contributed by atoms with Crippen LogP contribution in [0.2, 0.25) is 0 Å². The van der Waals surface area contributed by atoms with E-state index in [1.54, 1.807) is 14.0 Å². The van der Waals surface area contributed by atoms with E-state index in [1.165, 1.54) is 4.90 Å². The summed E-state index contributed by atoms with van der Waals surface area (Å²) in [5, 5.41) is 2.83. The summed E-state index contributed by atoms with van der Waals surface area (Å²) in [6.07, 6.45) is -0.643. The van der Waals surface area contributed by atoms with Gasteiger partial charge in [0.05, 0.1) is 6.54 Å². The lowest BCUT2D eigenvalue weighted by Gasteiger charge is -2.25. The van der Waals surface area contributed by atoms with Crippen LogP contribution in [-0.2, 0) is 9.59 Å². The molecule has 22 heavy (non-hydrogen) atoms.